The van der Waals surface area contributed by atoms with Crippen LogP contribution in [-0.4, -0.2) is 39.6 Å². The smallest absolute Gasteiger partial charge is 0.277 e. The average molecular weight is 489 g/mol. The van der Waals surface area contributed by atoms with E-state index in [2.05, 4.69) is 4.98 Å². The van der Waals surface area contributed by atoms with Crippen LogP contribution in [0.4, 0.5) is 0 Å². The number of nitrogens with zero attached hydrogens (tertiary/aromatic N) is 3. The zero-order valence-electron chi connectivity index (χ0n) is 21.2. The molecule has 2 aromatic heterocycles. The number of carbonyl (C=O) groups is 1. The summed E-state index contributed by atoms with van der Waals surface area (Å²) >= 11 is 0. The SMILES string of the molecule is CCc1nc(CCCC(C(C)=O)c2ccccc2)n2nc(Cc3ccc(OC)c(OC)c3)[nH]c(=O)c12. The lowest BCUT2D eigenvalue weighted by Gasteiger charge is -2.13. The Morgan fingerprint density at radius 3 is 2.50 bits per heavy atom. The number of benzene rings is 2. The van der Waals surface area contributed by atoms with E-state index in [-0.39, 0.29) is 17.3 Å². The van der Waals surface area contributed by atoms with Crippen molar-refractivity contribution >= 4 is 11.3 Å². The van der Waals surface area contributed by atoms with E-state index in [4.69, 9.17) is 19.6 Å². The number of nitrogens with one attached hydrogen (secondary N) is 1. The summed E-state index contributed by atoms with van der Waals surface area (Å²) in [6.45, 7) is 3.61. The number of carbonyl (C=O) groups excluding carboxylic acids is 1. The van der Waals surface area contributed by atoms with Gasteiger partial charge < -0.3 is 14.5 Å². The van der Waals surface area contributed by atoms with Crippen molar-refractivity contribution in [1.82, 2.24) is 19.6 Å². The van der Waals surface area contributed by atoms with Gasteiger partial charge in [-0.05, 0) is 49.4 Å². The van der Waals surface area contributed by atoms with E-state index < -0.39 is 0 Å². The first-order chi connectivity index (χ1) is 17.4. The number of ether oxygens (including phenoxy) is 2. The van der Waals surface area contributed by atoms with Crippen molar-refractivity contribution in [3.63, 3.8) is 0 Å². The summed E-state index contributed by atoms with van der Waals surface area (Å²) in [6, 6.07) is 15.5. The summed E-state index contributed by atoms with van der Waals surface area (Å²) in [5, 5.41) is 4.75. The molecular formula is C28H32N4O4. The number of methoxy groups -OCH3 is 2. The Labute approximate surface area is 210 Å². The molecule has 1 N–H and O–H groups in total. The molecule has 0 saturated heterocycles. The maximum atomic E-state index is 13.0. The van der Waals surface area contributed by atoms with Gasteiger partial charge in [0, 0.05) is 18.8 Å². The highest BCUT2D eigenvalue weighted by molar-refractivity contribution is 5.83. The first-order valence-electron chi connectivity index (χ1n) is 12.2. The number of H-pyrrole nitrogens is 1. The van der Waals surface area contributed by atoms with Gasteiger partial charge >= 0.3 is 0 Å². The lowest BCUT2D eigenvalue weighted by atomic mass is 9.90. The number of imidazole rings is 1. The molecule has 2 aromatic carbocycles. The van der Waals surface area contributed by atoms with Crippen LogP contribution < -0.4 is 15.0 Å². The molecule has 4 rings (SSSR count). The molecule has 0 fully saturated rings. The number of hydrogen-bond donors (Lipinski definition) is 1. The fraction of sp³-hybridized carbons (Fsp3) is 0.357. The van der Waals surface area contributed by atoms with Gasteiger partial charge in [0.2, 0.25) is 0 Å². The molecule has 188 valence electrons. The zero-order chi connectivity index (χ0) is 25.7. The minimum Gasteiger partial charge on any atom is -0.493 e. The number of fused-ring (bicyclic) bond motifs is 1. The van der Waals surface area contributed by atoms with Gasteiger partial charge in [-0.15, -0.1) is 0 Å². The van der Waals surface area contributed by atoms with Crippen molar-refractivity contribution in [1.29, 1.82) is 0 Å². The van der Waals surface area contributed by atoms with Crippen molar-refractivity contribution in [2.24, 2.45) is 0 Å². The molecule has 1 atom stereocenters. The number of rotatable bonds is 11. The third-order valence-corrected chi connectivity index (χ3v) is 6.43. The predicted molar refractivity (Wildman–Crippen MR) is 138 cm³/mol. The summed E-state index contributed by atoms with van der Waals surface area (Å²) in [7, 11) is 3.18. The van der Waals surface area contributed by atoms with Crippen LogP contribution in [0, 0.1) is 0 Å². The molecule has 8 nitrogen and oxygen atoms in total. The van der Waals surface area contributed by atoms with Crippen LogP contribution in [0.2, 0.25) is 0 Å². The molecule has 8 heteroatoms. The fourth-order valence-corrected chi connectivity index (χ4v) is 4.60. The largest absolute Gasteiger partial charge is 0.493 e. The Kier molecular flexibility index (Phi) is 7.83. The Balaban J connectivity index is 1.60. The summed E-state index contributed by atoms with van der Waals surface area (Å²) < 4.78 is 12.4. The highest BCUT2D eigenvalue weighted by Gasteiger charge is 2.19. The van der Waals surface area contributed by atoms with Crippen LogP contribution in [0.3, 0.4) is 0 Å². The second kappa shape index (κ2) is 11.2. The van der Waals surface area contributed by atoms with Gasteiger partial charge in [0.15, 0.2) is 17.0 Å². The van der Waals surface area contributed by atoms with E-state index >= 15 is 0 Å². The van der Waals surface area contributed by atoms with Gasteiger partial charge in [0.25, 0.3) is 5.56 Å². The van der Waals surface area contributed by atoms with Crippen LogP contribution in [0.15, 0.2) is 53.3 Å². The van der Waals surface area contributed by atoms with E-state index in [1.54, 1.807) is 25.7 Å². The van der Waals surface area contributed by atoms with Crippen molar-refractivity contribution in [3.8, 4) is 11.5 Å². The van der Waals surface area contributed by atoms with E-state index in [9.17, 15) is 9.59 Å². The molecule has 1 unspecified atom stereocenters. The minimum absolute atomic E-state index is 0.148. The number of ketones is 1. The van der Waals surface area contributed by atoms with Crippen molar-refractivity contribution in [3.05, 3.63) is 87.4 Å². The summed E-state index contributed by atoms with van der Waals surface area (Å²) in [5.74, 6) is 2.52. The van der Waals surface area contributed by atoms with Crippen molar-refractivity contribution in [2.75, 3.05) is 14.2 Å². The fourth-order valence-electron chi connectivity index (χ4n) is 4.60. The van der Waals surface area contributed by atoms with Gasteiger partial charge in [0.1, 0.15) is 17.4 Å². The van der Waals surface area contributed by atoms with Crippen molar-refractivity contribution < 1.29 is 14.3 Å². The Hall–Kier alpha value is -3.94. The lowest BCUT2D eigenvalue weighted by molar-refractivity contribution is -0.118. The normalized spacial score (nSPS) is 12.0. The molecular weight excluding hydrogens is 456 g/mol. The molecule has 0 radical (unpaired) electrons. The quantitative estimate of drug-likeness (QED) is 0.338. The van der Waals surface area contributed by atoms with E-state index in [1.165, 1.54) is 0 Å². The van der Waals surface area contributed by atoms with E-state index in [0.29, 0.717) is 48.5 Å². The van der Waals surface area contributed by atoms with E-state index in [0.717, 1.165) is 29.1 Å². The zero-order valence-corrected chi connectivity index (χ0v) is 21.2. The lowest BCUT2D eigenvalue weighted by Crippen LogP contribution is -2.18. The van der Waals surface area contributed by atoms with Crippen LogP contribution in [0.1, 0.15) is 61.1 Å². The molecule has 0 aliphatic carbocycles. The number of aryl methyl sites for hydroxylation is 2. The second-order valence-electron chi connectivity index (χ2n) is 8.82. The summed E-state index contributed by atoms with van der Waals surface area (Å²) in [6.07, 6.45) is 3.12. The number of Topliss-reactive ketones (excluding diaryl/α,β-unsaturated/α-hetero) is 1. The second-order valence-corrected chi connectivity index (χ2v) is 8.82. The van der Waals surface area contributed by atoms with Crippen molar-refractivity contribution in [2.45, 2.75) is 51.9 Å². The number of hydrogen-bond acceptors (Lipinski definition) is 6. The molecule has 0 saturated carbocycles. The molecule has 0 spiro atoms. The monoisotopic (exact) mass is 488 g/mol. The Morgan fingerprint density at radius 1 is 1.08 bits per heavy atom. The first kappa shape index (κ1) is 25.2. The molecule has 0 amide bonds. The summed E-state index contributed by atoms with van der Waals surface area (Å²) in [4.78, 5) is 33.0. The van der Waals surface area contributed by atoms with E-state index in [1.807, 2.05) is 55.5 Å². The molecule has 2 heterocycles. The van der Waals surface area contributed by atoms with Crippen LogP contribution in [0.5, 0.6) is 11.5 Å². The summed E-state index contributed by atoms with van der Waals surface area (Å²) in [5.41, 5.74) is 2.96. The van der Waals surface area contributed by atoms with Gasteiger partial charge in [-0.2, -0.15) is 5.10 Å². The van der Waals surface area contributed by atoms with Gasteiger partial charge in [-0.3, -0.25) is 9.59 Å². The van der Waals surface area contributed by atoms with Gasteiger partial charge in [-0.25, -0.2) is 9.50 Å². The maximum Gasteiger partial charge on any atom is 0.277 e. The topological polar surface area (TPSA) is 98.6 Å². The highest BCUT2D eigenvalue weighted by atomic mass is 16.5. The van der Waals surface area contributed by atoms with Gasteiger partial charge in [0.05, 0.1) is 19.9 Å². The average Bonchev–Trinajstić information content (AvgIpc) is 3.24. The molecule has 0 aliphatic rings. The minimum atomic E-state index is -0.207. The molecule has 0 aliphatic heterocycles. The van der Waals surface area contributed by atoms with Gasteiger partial charge in [-0.1, -0.05) is 43.3 Å². The Morgan fingerprint density at radius 2 is 1.83 bits per heavy atom. The third-order valence-electron chi connectivity index (χ3n) is 6.43. The number of aromatic nitrogens is 4. The van der Waals surface area contributed by atoms with Crippen LogP contribution >= 0.6 is 0 Å². The predicted octanol–water partition coefficient (Wildman–Crippen LogP) is 4.28. The maximum absolute atomic E-state index is 13.0. The third kappa shape index (κ3) is 5.32. The van der Waals surface area contributed by atoms with Crippen LogP contribution in [-0.2, 0) is 24.1 Å². The van der Waals surface area contributed by atoms with Crippen LogP contribution in [0.25, 0.3) is 5.52 Å². The number of aromatic amines is 1. The molecule has 36 heavy (non-hydrogen) atoms. The highest BCUT2D eigenvalue weighted by Crippen LogP contribution is 2.28. The Bertz CT molecular complexity index is 1410. The molecule has 0 bridgehead atoms. The standard InChI is InChI=1S/C28H32N4O4/c1-5-22-27-28(34)30-25(17-19-14-15-23(35-3)24(16-19)36-4)31-32(27)26(29-22)13-9-12-21(18(2)33)20-10-7-6-8-11-20/h6-8,10-11,14-16,21H,5,9,12-13,17H2,1-4H3,(H,30,31,34). The molecule has 4 aromatic rings. The first-order valence-corrected chi connectivity index (χ1v) is 12.2.